The van der Waals surface area contributed by atoms with Crippen LogP contribution in [0.4, 0.5) is 0 Å². The molecule has 4 heteroatoms. The van der Waals surface area contributed by atoms with Crippen molar-refractivity contribution in [3.63, 3.8) is 0 Å². The molecule has 0 heterocycles. The van der Waals surface area contributed by atoms with E-state index in [4.69, 9.17) is 5.26 Å². The lowest BCUT2D eigenvalue weighted by Crippen LogP contribution is -2.06. The molecule has 0 saturated carbocycles. The second-order valence-electron chi connectivity index (χ2n) is 3.06. The van der Waals surface area contributed by atoms with Gasteiger partial charge in [0.2, 0.25) is 0 Å². The monoisotopic (exact) mass is 283 g/mol. The molecule has 0 N–H and O–H groups in total. The smallest absolute Gasteiger partial charge is 0.187 e. The van der Waals surface area contributed by atoms with Crippen LogP contribution in [0.15, 0.2) is 28.7 Å². The average Bonchev–Trinajstić information content (AvgIpc) is 2.19. The third-order valence-corrected chi connectivity index (χ3v) is 3.20. The topological polar surface area (TPSA) is 40.9 Å². The van der Waals surface area contributed by atoms with Crippen LogP contribution in [0.1, 0.15) is 12.5 Å². The fourth-order valence-electron chi connectivity index (χ4n) is 1.15. The number of benzene rings is 1. The molecule has 0 amide bonds. The van der Waals surface area contributed by atoms with Crippen LogP contribution in [0.2, 0.25) is 0 Å². The number of thioether (sulfide) groups is 1. The fraction of sp³-hybridized carbons (Fsp3) is 0.273. The summed E-state index contributed by atoms with van der Waals surface area (Å²) in [5, 5.41) is 8.56. The van der Waals surface area contributed by atoms with Crippen LogP contribution in [0, 0.1) is 11.3 Å². The predicted molar refractivity (Wildman–Crippen MR) is 65.5 cm³/mol. The number of hydrogen-bond donors (Lipinski definition) is 0. The number of rotatable bonds is 3. The standard InChI is InChI=1S/C11H10BrNOS/c1-8(14)15-11(7-13)6-9-2-4-10(12)5-3-9/h2-5,11H,6H2,1H3. The van der Waals surface area contributed by atoms with E-state index in [0.29, 0.717) is 6.42 Å². The highest BCUT2D eigenvalue weighted by Crippen LogP contribution is 2.18. The van der Waals surface area contributed by atoms with Gasteiger partial charge >= 0.3 is 0 Å². The van der Waals surface area contributed by atoms with Gasteiger partial charge in [-0.3, -0.25) is 4.79 Å². The van der Waals surface area contributed by atoms with E-state index in [9.17, 15) is 4.79 Å². The van der Waals surface area contributed by atoms with Crippen molar-refractivity contribution in [3.8, 4) is 6.07 Å². The first-order valence-electron chi connectivity index (χ1n) is 4.43. The molecule has 1 aromatic rings. The third-order valence-electron chi connectivity index (χ3n) is 1.79. The summed E-state index contributed by atoms with van der Waals surface area (Å²) in [7, 11) is 0. The van der Waals surface area contributed by atoms with Gasteiger partial charge in [-0.25, -0.2) is 0 Å². The second-order valence-corrected chi connectivity index (χ2v) is 5.35. The Hall–Kier alpha value is -0.790. The highest BCUT2D eigenvalue weighted by Gasteiger charge is 2.11. The van der Waals surface area contributed by atoms with E-state index in [2.05, 4.69) is 22.0 Å². The van der Waals surface area contributed by atoms with Gasteiger partial charge in [0.25, 0.3) is 0 Å². The maximum absolute atomic E-state index is 10.9. The number of carbonyl (C=O) groups is 1. The Morgan fingerprint density at radius 3 is 2.60 bits per heavy atom. The number of halogens is 1. The van der Waals surface area contributed by atoms with Crippen LogP contribution >= 0.6 is 27.7 Å². The first kappa shape index (κ1) is 12.3. The van der Waals surface area contributed by atoms with Crippen molar-refractivity contribution in [1.82, 2.24) is 0 Å². The van der Waals surface area contributed by atoms with Crippen LogP contribution < -0.4 is 0 Å². The summed E-state index contributed by atoms with van der Waals surface area (Å²) in [5.74, 6) is 0. The van der Waals surface area contributed by atoms with Crippen LogP contribution in [-0.2, 0) is 11.2 Å². The molecule has 0 aliphatic rings. The molecule has 0 saturated heterocycles. The Balaban J connectivity index is 2.63. The Morgan fingerprint density at radius 2 is 2.13 bits per heavy atom. The molecule has 0 spiro atoms. The highest BCUT2D eigenvalue weighted by atomic mass is 79.9. The van der Waals surface area contributed by atoms with E-state index in [0.717, 1.165) is 21.8 Å². The Kier molecular flexibility index (Phi) is 4.86. The molecule has 2 nitrogen and oxygen atoms in total. The second kappa shape index (κ2) is 5.94. The molecular formula is C11H10BrNOS. The first-order valence-corrected chi connectivity index (χ1v) is 6.10. The molecular weight excluding hydrogens is 274 g/mol. The Morgan fingerprint density at radius 1 is 1.53 bits per heavy atom. The summed E-state index contributed by atoms with van der Waals surface area (Å²) in [5.41, 5.74) is 1.07. The van der Waals surface area contributed by atoms with Crippen LogP contribution in [0.25, 0.3) is 0 Å². The molecule has 0 fully saturated rings. The zero-order chi connectivity index (χ0) is 11.3. The van der Waals surface area contributed by atoms with Crippen LogP contribution in [0.3, 0.4) is 0 Å². The summed E-state index contributed by atoms with van der Waals surface area (Å²) in [6.07, 6.45) is 0.605. The van der Waals surface area contributed by atoms with Gasteiger partial charge in [0.15, 0.2) is 5.12 Å². The van der Waals surface area contributed by atoms with E-state index in [1.54, 1.807) is 0 Å². The minimum absolute atomic E-state index is 0.0151. The van der Waals surface area contributed by atoms with Gasteiger partial charge in [-0.15, -0.1) is 0 Å². The maximum Gasteiger partial charge on any atom is 0.187 e. The minimum atomic E-state index is -0.288. The molecule has 0 aromatic heterocycles. The number of nitriles is 1. The van der Waals surface area contributed by atoms with Crippen molar-refractivity contribution in [3.05, 3.63) is 34.3 Å². The summed E-state index contributed by atoms with van der Waals surface area (Å²) < 4.78 is 1.01. The van der Waals surface area contributed by atoms with Gasteiger partial charge in [0.1, 0.15) is 5.25 Å². The van der Waals surface area contributed by atoms with Gasteiger partial charge in [0.05, 0.1) is 6.07 Å². The van der Waals surface area contributed by atoms with Crippen molar-refractivity contribution < 1.29 is 4.79 Å². The summed E-state index contributed by atoms with van der Waals surface area (Å²) in [6, 6.07) is 9.90. The Bertz CT molecular complexity index is 383. The lowest BCUT2D eigenvalue weighted by Gasteiger charge is -2.06. The van der Waals surface area contributed by atoms with Gasteiger partial charge in [0, 0.05) is 11.4 Å². The lowest BCUT2D eigenvalue weighted by molar-refractivity contribution is -0.109. The van der Waals surface area contributed by atoms with E-state index in [1.165, 1.54) is 6.92 Å². The van der Waals surface area contributed by atoms with E-state index in [-0.39, 0.29) is 10.4 Å². The molecule has 1 aromatic carbocycles. The number of carbonyl (C=O) groups excluding carboxylic acids is 1. The molecule has 78 valence electrons. The maximum atomic E-state index is 10.9. The van der Waals surface area contributed by atoms with Crippen molar-refractivity contribution in [2.75, 3.05) is 0 Å². The molecule has 1 rings (SSSR count). The summed E-state index contributed by atoms with van der Waals surface area (Å²) in [6.45, 7) is 1.48. The van der Waals surface area contributed by atoms with Crippen LogP contribution in [-0.4, -0.2) is 10.4 Å². The molecule has 0 aliphatic heterocycles. The molecule has 1 atom stereocenters. The fourth-order valence-corrected chi connectivity index (χ4v) is 2.14. The van der Waals surface area contributed by atoms with Gasteiger partial charge in [-0.2, -0.15) is 5.26 Å². The largest absolute Gasteiger partial charge is 0.288 e. The SMILES string of the molecule is CC(=O)SC(C#N)Cc1ccc(Br)cc1. The summed E-state index contributed by atoms with van der Waals surface area (Å²) >= 11 is 4.43. The van der Waals surface area contributed by atoms with Crippen LogP contribution in [0.5, 0.6) is 0 Å². The number of hydrogen-bond acceptors (Lipinski definition) is 3. The normalized spacial score (nSPS) is 11.8. The van der Waals surface area contributed by atoms with E-state index >= 15 is 0 Å². The minimum Gasteiger partial charge on any atom is -0.288 e. The molecule has 0 radical (unpaired) electrons. The predicted octanol–water partition coefficient (Wildman–Crippen LogP) is 3.16. The summed E-state index contributed by atoms with van der Waals surface area (Å²) in [4.78, 5) is 10.9. The van der Waals surface area contributed by atoms with Crippen molar-refractivity contribution in [2.45, 2.75) is 18.6 Å². The van der Waals surface area contributed by atoms with E-state index < -0.39 is 0 Å². The molecule has 15 heavy (non-hydrogen) atoms. The van der Waals surface area contributed by atoms with Crippen molar-refractivity contribution >= 4 is 32.8 Å². The molecule has 1 unspecified atom stereocenters. The lowest BCUT2D eigenvalue weighted by atomic mass is 10.1. The molecule has 0 bridgehead atoms. The highest BCUT2D eigenvalue weighted by molar-refractivity contribution is 9.10. The van der Waals surface area contributed by atoms with Gasteiger partial charge < -0.3 is 0 Å². The Labute approximate surface area is 102 Å². The quantitative estimate of drug-likeness (QED) is 0.856. The number of nitrogens with zero attached hydrogens (tertiary/aromatic N) is 1. The first-order chi connectivity index (χ1) is 7.11. The van der Waals surface area contributed by atoms with E-state index in [1.807, 2.05) is 24.3 Å². The van der Waals surface area contributed by atoms with Gasteiger partial charge in [-0.05, 0) is 24.1 Å². The zero-order valence-corrected chi connectivity index (χ0v) is 10.6. The van der Waals surface area contributed by atoms with Gasteiger partial charge in [-0.1, -0.05) is 39.8 Å². The van der Waals surface area contributed by atoms with Crippen molar-refractivity contribution in [2.24, 2.45) is 0 Å². The van der Waals surface area contributed by atoms with Crippen molar-refractivity contribution in [1.29, 1.82) is 5.26 Å². The average molecular weight is 284 g/mol. The molecule has 0 aliphatic carbocycles. The third kappa shape index (κ3) is 4.50. The zero-order valence-electron chi connectivity index (χ0n) is 8.24.